The monoisotopic (exact) mass is 269 g/mol. The molecule has 1 aliphatic carbocycles. The number of hydrogen-bond donors (Lipinski definition) is 1. The first kappa shape index (κ1) is 12.9. The SMILES string of the molecule is CC(NC(=O)n1ccnc1)c1ccc2c(c1)CCCC2. The molecule has 0 spiro atoms. The van der Waals surface area contributed by atoms with Gasteiger partial charge in [0.15, 0.2) is 0 Å². The number of imidazole rings is 1. The average Bonchev–Trinajstić information content (AvgIpc) is 3.01. The van der Waals surface area contributed by atoms with Crippen molar-refractivity contribution in [2.45, 2.75) is 38.6 Å². The molecule has 0 saturated carbocycles. The zero-order valence-electron chi connectivity index (χ0n) is 11.7. The zero-order chi connectivity index (χ0) is 13.9. The quantitative estimate of drug-likeness (QED) is 0.910. The fourth-order valence-corrected chi connectivity index (χ4v) is 2.75. The first-order valence-corrected chi connectivity index (χ1v) is 7.14. The van der Waals surface area contributed by atoms with Crippen LogP contribution in [-0.2, 0) is 12.8 Å². The van der Waals surface area contributed by atoms with Gasteiger partial charge in [-0.15, -0.1) is 0 Å². The highest BCUT2D eigenvalue weighted by Gasteiger charge is 2.14. The Labute approximate surface area is 118 Å². The first-order chi connectivity index (χ1) is 9.74. The lowest BCUT2D eigenvalue weighted by atomic mass is 9.89. The van der Waals surface area contributed by atoms with E-state index in [0.29, 0.717) is 0 Å². The van der Waals surface area contributed by atoms with E-state index < -0.39 is 0 Å². The van der Waals surface area contributed by atoms with Crippen LogP contribution in [0, 0.1) is 0 Å². The second-order valence-corrected chi connectivity index (χ2v) is 5.38. The highest BCUT2D eigenvalue weighted by Crippen LogP contribution is 2.24. The van der Waals surface area contributed by atoms with Crippen molar-refractivity contribution in [3.63, 3.8) is 0 Å². The number of nitrogens with one attached hydrogen (secondary N) is 1. The molecule has 4 heteroatoms. The van der Waals surface area contributed by atoms with E-state index in [1.807, 2.05) is 6.92 Å². The average molecular weight is 269 g/mol. The summed E-state index contributed by atoms with van der Waals surface area (Å²) in [4.78, 5) is 15.9. The molecule has 1 amide bonds. The minimum absolute atomic E-state index is 0.00266. The Hall–Kier alpha value is -2.10. The van der Waals surface area contributed by atoms with Gasteiger partial charge in [-0.1, -0.05) is 18.2 Å². The summed E-state index contributed by atoms with van der Waals surface area (Å²) < 4.78 is 1.45. The molecule has 1 unspecified atom stereocenters. The van der Waals surface area contributed by atoms with Crippen LogP contribution in [0.4, 0.5) is 4.79 Å². The molecule has 4 nitrogen and oxygen atoms in total. The Morgan fingerprint density at radius 2 is 2.10 bits per heavy atom. The Kier molecular flexibility index (Phi) is 3.54. The van der Waals surface area contributed by atoms with Crippen molar-refractivity contribution < 1.29 is 4.79 Å². The van der Waals surface area contributed by atoms with Crippen molar-refractivity contribution in [3.8, 4) is 0 Å². The smallest absolute Gasteiger partial charge is 0.327 e. The van der Waals surface area contributed by atoms with Crippen molar-refractivity contribution >= 4 is 6.03 Å². The normalized spacial score (nSPS) is 15.4. The molecule has 1 aromatic heterocycles. The Morgan fingerprint density at radius 3 is 2.85 bits per heavy atom. The summed E-state index contributed by atoms with van der Waals surface area (Å²) >= 11 is 0. The second-order valence-electron chi connectivity index (χ2n) is 5.38. The Bertz CT molecular complexity index is 604. The summed E-state index contributed by atoms with van der Waals surface area (Å²) in [6, 6.07) is 6.44. The molecular weight excluding hydrogens is 250 g/mol. The predicted octanol–water partition coefficient (Wildman–Crippen LogP) is 3.08. The van der Waals surface area contributed by atoms with Crippen molar-refractivity contribution in [1.82, 2.24) is 14.9 Å². The van der Waals surface area contributed by atoms with Crippen LogP contribution in [0.25, 0.3) is 0 Å². The van der Waals surface area contributed by atoms with Gasteiger partial charge in [0, 0.05) is 12.4 Å². The van der Waals surface area contributed by atoms with E-state index in [2.05, 4.69) is 28.5 Å². The van der Waals surface area contributed by atoms with Crippen LogP contribution in [0.2, 0.25) is 0 Å². The molecule has 20 heavy (non-hydrogen) atoms. The minimum atomic E-state index is -0.146. The van der Waals surface area contributed by atoms with Crippen molar-refractivity contribution in [2.24, 2.45) is 0 Å². The lowest BCUT2D eigenvalue weighted by Crippen LogP contribution is -2.30. The third kappa shape index (κ3) is 2.59. The molecule has 1 atom stereocenters. The van der Waals surface area contributed by atoms with Crippen molar-refractivity contribution in [3.05, 3.63) is 53.6 Å². The van der Waals surface area contributed by atoms with Gasteiger partial charge in [-0.25, -0.2) is 9.78 Å². The lowest BCUT2D eigenvalue weighted by Gasteiger charge is -2.20. The standard InChI is InChI=1S/C16H19N3O/c1-12(18-16(20)19-9-8-17-11-19)14-7-6-13-4-2-3-5-15(13)10-14/h6-12H,2-5H2,1H3,(H,18,20). The summed E-state index contributed by atoms with van der Waals surface area (Å²) in [5.41, 5.74) is 4.07. The summed E-state index contributed by atoms with van der Waals surface area (Å²) in [7, 11) is 0. The topological polar surface area (TPSA) is 46.9 Å². The molecule has 3 rings (SSSR count). The van der Waals surface area contributed by atoms with Crippen LogP contribution in [0.3, 0.4) is 0 Å². The van der Waals surface area contributed by atoms with E-state index in [1.165, 1.54) is 46.8 Å². The lowest BCUT2D eigenvalue weighted by molar-refractivity contribution is 0.239. The van der Waals surface area contributed by atoms with Gasteiger partial charge in [0.1, 0.15) is 6.33 Å². The molecule has 0 bridgehead atoms. The number of hydrogen-bond acceptors (Lipinski definition) is 2. The van der Waals surface area contributed by atoms with Crippen LogP contribution in [0.5, 0.6) is 0 Å². The number of benzene rings is 1. The minimum Gasteiger partial charge on any atom is -0.331 e. The van der Waals surface area contributed by atoms with E-state index >= 15 is 0 Å². The van der Waals surface area contributed by atoms with Crippen molar-refractivity contribution in [2.75, 3.05) is 0 Å². The number of carbonyl (C=O) groups is 1. The highest BCUT2D eigenvalue weighted by atomic mass is 16.2. The summed E-state index contributed by atoms with van der Waals surface area (Å²) in [6.45, 7) is 2.01. The van der Waals surface area contributed by atoms with Crippen LogP contribution in [0.1, 0.15) is 42.5 Å². The van der Waals surface area contributed by atoms with E-state index in [4.69, 9.17) is 0 Å². The largest absolute Gasteiger partial charge is 0.331 e. The molecular formula is C16H19N3O. The third-order valence-electron chi connectivity index (χ3n) is 3.95. The number of nitrogens with zero attached hydrogens (tertiary/aromatic N) is 2. The number of fused-ring (bicyclic) bond motifs is 1. The Morgan fingerprint density at radius 1 is 1.30 bits per heavy atom. The fourth-order valence-electron chi connectivity index (χ4n) is 2.75. The number of rotatable bonds is 2. The summed E-state index contributed by atoms with van der Waals surface area (Å²) in [5.74, 6) is 0. The molecule has 1 heterocycles. The van der Waals surface area contributed by atoms with E-state index in [0.717, 1.165) is 6.42 Å². The fraction of sp³-hybridized carbons (Fsp3) is 0.375. The maximum Gasteiger partial charge on any atom is 0.327 e. The summed E-state index contributed by atoms with van der Waals surface area (Å²) in [6.07, 6.45) is 9.66. The molecule has 0 radical (unpaired) electrons. The number of amides is 1. The highest BCUT2D eigenvalue weighted by molar-refractivity contribution is 5.76. The zero-order valence-corrected chi connectivity index (χ0v) is 11.7. The van der Waals surface area contributed by atoms with Gasteiger partial charge >= 0.3 is 6.03 Å². The predicted molar refractivity (Wildman–Crippen MR) is 77.7 cm³/mol. The molecule has 2 aromatic rings. The maximum absolute atomic E-state index is 12.0. The van der Waals surface area contributed by atoms with Gasteiger partial charge in [0.05, 0.1) is 6.04 Å². The van der Waals surface area contributed by atoms with Gasteiger partial charge in [0.2, 0.25) is 0 Å². The molecule has 104 valence electrons. The van der Waals surface area contributed by atoms with Crippen molar-refractivity contribution in [1.29, 1.82) is 0 Å². The van der Waals surface area contributed by atoms with Crippen LogP contribution in [-0.4, -0.2) is 15.6 Å². The van der Waals surface area contributed by atoms with Gasteiger partial charge < -0.3 is 5.32 Å². The second kappa shape index (κ2) is 5.49. The Balaban J connectivity index is 1.74. The molecule has 1 aliphatic rings. The van der Waals surface area contributed by atoms with Gasteiger partial charge in [-0.2, -0.15) is 0 Å². The number of aryl methyl sites for hydroxylation is 2. The van der Waals surface area contributed by atoms with E-state index in [9.17, 15) is 4.79 Å². The van der Waals surface area contributed by atoms with E-state index in [1.54, 1.807) is 12.4 Å². The van der Waals surface area contributed by atoms with Gasteiger partial charge in [-0.05, 0) is 49.3 Å². The molecule has 1 N–H and O–H groups in total. The number of carbonyl (C=O) groups excluding carboxylic acids is 1. The molecule has 0 fully saturated rings. The first-order valence-electron chi connectivity index (χ1n) is 7.14. The van der Waals surface area contributed by atoms with Crippen LogP contribution in [0.15, 0.2) is 36.9 Å². The molecule has 0 saturated heterocycles. The van der Waals surface area contributed by atoms with Gasteiger partial charge in [-0.3, -0.25) is 4.57 Å². The van der Waals surface area contributed by atoms with E-state index in [-0.39, 0.29) is 12.1 Å². The van der Waals surface area contributed by atoms with Crippen LogP contribution < -0.4 is 5.32 Å². The molecule has 1 aromatic carbocycles. The van der Waals surface area contributed by atoms with Gasteiger partial charge in [0.25, 0.3) is 0 Å². The third-order valence-corrected chi connectivity index (χ3v) is 3.95. The molecule has 0 aliphatic heterocycles. The number of aromatic nitrogens is 2. The maximum atomic E-state index is 12.0. The van der Waals surface area contributed by atoms with Crippen LogP contribution >= 0.6 is 0 Å². The summed E-state index contributed by atoms with van der Waals surface area (Å²) in [5, 5.41) is 2.99.